The minimum Gasteiger partial charge on any atom is -0.593 e. The number of carbonyl (C=O) groups is 1. The van der Waals surface area contributed by atoms with Crippen LogP contribution in [0.15, 0.2) is 48.5 Å². The molecule has 0 fully saturated rings. The molecule has 1 unspecified atom stereocenters. The van der Waals surface area contributed by atoms with E-state index in [9.17, 15) is 61.7 Å². The van der Waals surface area contributed by atoms with Gasteiger partial charge in [0.15, 0.2) is 15.5 Å². The van der Waals surface area contributed by atoms with Crippen LogP contribution in [0.3, 0.4) is 0 Å². The van der Waals surface area contributed by atoms with E-state index >= 15 is 0 Å². The SMILES string of the molecule is C[S+]([O-])Nc1nn(CC(F)(F)F)c2c(-c3ccc(C#CC(C)(C)S(C)(=O)=O)nc3[C@H](Cc3cc(F)cc(F)c3)NC(=O)Cn3nc(C(F)(F)F)cc3C(C)(F)F)ccc(Cl)c12. The molecule has 0 bridgehead atoms. The fraction of sp³-hybridized carbons (Fsp3) is 0.351. The predicted octanol–water partition coefficient (Wildman–Crippen LogP) is 7.90. The van der Waals surface area contributed by atoms with E-state index in [2.05, 4.69) is 37.1 Å². The van der Waals surface area contributed by atoms with Crippen molar-refractivity contribution in [2.75, 3.05) is 17.2 Å². The van der Waals surface area contributed by atoms with Gasteiger partial charge in [-0.05, 0) is 68.2 Å². The first-order valence-electron chi connectivity index (χ1n) is 17.3. The topological polar surface area (TPSA) is 147 Å². The summed E-state index contributed by atoms with van der Waals surface area (Å²) in [7, 11) is -3.82. The Hall–Kier alpha value is -5.05. The number of hydrogen-bond donors (Lipinski definition) is 2. The minimum atomic E-state index is -5.21. The highest BCUT2D eigenvalue weighted by Crippen LogP contribution is 2.41. The van der Waals surface area contributed by atoms with Crippen LogP contribution in [0.25, 0.3) is 22.0 Å². The summed E-state index contributed by atoms with van der Waals surface area (Å²) in [5.41, 5.74) is -4.38. The molecule has 0 spiro atoms. The molecular formula is C37H32ClF10N7O4S2. The number of nitrogens with zero attached hydrogens (tertiary/aromatic N) is 5. The van der Waals surface area contributed by atoms with Crippen molar-refractivity contribution in [1.29, 1.82) is 0 Å². The molecule has 1 amide bonds. The number of amides is 1. The number of fused-ring (bicyclic) bond motifs is 1. The second-order valence-electron chi connectivity index (χ2n) is 14.2. The van der Waals surface area contributed by atoms with Crippen LogP contribution in [0.1, 0.15) is 55.2 Å². The third kappa shape index (κ3) is 11.3. The Morgan fingerprint density at radius 1 is 0.934 bits per heavy atom. The van der Waals surface area contributed by atoms with Crippen molar-refractivity contribution in [3.05, 3.63) is 93.5 Å². The van der Waals surface area contributed by atoms with Gasteiger partial charge in [0.1, 0.15) is 47.1 Å². The standard InChI is InChI=1S/C37H32ClF10N7O4S2/c1-34(2,61(5,58)59)11-10-22-6-7-23(24-8-9-25(38)30-32(24)55(18-36(43,44)45)52-33(30)53-60(4)57)31(49-22)26(14-19-12-20(39)15-21(40)13-19)50-29(56)17-54-28(35(3,41)42)16-27(51-54)37(46,47)48/h6-9,12-13,15-16,26H,14,17-18H2,1-5H3,(H,50,56)(H,52,53)/t26-,60?/m0/s1. The maximum atomic E-state index is 14.6. The molecule has 61 heavy (non-hydrogen) atoms. The zero-order chi connectivity index (χ0) is 45.6. The van der Waals surface area contributed by atoms with Gasteiger partial charge in [0.2, 0.25) is 11.7 Å². The van der Waals surface area contributed by atoms with Crippen molar-refractivity contribution in [3.8, 4) is 23.0 Å². The fourth-order valence-corrected chi connectivity index (χ4v) is 6.81. The molecule has 0 saturated carbocycles. The lowest BCUT2D eigenvalue weighted by atomic mass is 9.93. The van der Waals surface area contributed by atoms with Gasteiger partial charge in [0.25, 0.3) is 5.92 Å². The molecule has 0 aliphatic carbocycles. The van der Waals surface area contributed by atoms with Crippen molar-refractivity contribution >= 4 is 55.4 Å². The maximum Gasteiger partial charge on any atom is 0.435 e. The van der Waals surface area contributed by atoms with Crippen molar-refractivity contribution in [3.63, 3.8) is 0 Å². The molecule has 5 aromatic rings. The molecule has 2 atom stereocenters. The zero-order valence-electron chi connectivity index (χ0n) is 32.2. The zero-order valence-corrected chi connectivity index (χ0v) is 34.5. The Bertz CT molecular complexity index is 2650. The number of nitrogens with one attached hydrogen (secondary N) is 2. The van der Waals surface area contributed by atoms with Crippen LogP contribution < -0.4 is 10.0 Å². The van der Waals surface area contributed by atoms with Crippen molar-refractivity contribution in [2.24, 2.45) is 0 Å². The summed E-state index contributed by atoms with van der Waals surface area (Å²) in [6.07, 6.45) is -8.65. The average molecular weight is 928 g/mol. The molecule has 3 heterocycles. The number of pyridine rings is 1. The van der Waals surface area contributed by atoms with E-state index in [1.165, 1.54) is 44.4 Å². The highest BCUT2D eigenvalue weighted by molar-refractivity contribution is 7.92. The van der Waals surface area contributed by atoms with Crippen LogP contribution in [0, 0.1) is 23.5 Å². The van der Waals surface area contributed by atoms with Gasteiger partial charge in [-0.1, -0.05) is 23.6 Å². The Kier molecular flexibility index (Phi) is 13.1. The average Bonchev–Trinajstić information content (AvgIpc) is 3.68. The normalized spacial score (nSPS) is 13.8. The summed E-state index contributed by atoms with van der Waals surface area (Å²) >= 11 is 4.58. The Morgan fingerprint density at radius 2 is 1.56 bits per heavy atom. The predicted molar refractivity (Wildman–Crippen MR) is 205 cm³/mol. The lowest BCUT2D eigenvalue weighted by Gasteiger charge is -2.23. The third-order valence-electron chi connectivity index (χ3n) is 8.89. The van der Waals surface area contributed by atoms with Gasteiger partial charge in [-0.15, -0.1) is 5.10 Å². The van der Waals surface area contributed by atoms with E-state index < -0.39 is 98.7 Å². The van der Waals surface area contributed by atoms with E-state index in [1.54, 1.807) is 0 Å². The van der Waals surface area contributed by atoms with Gasteiger partial charge >= 0.3 is 12.4 Å². The molecule has 11 nitrogen and oxygen atoms in total. The lowest BCUT2D eigenvalue weighted by molar-refractivity contribution is -0.142. The second-order valence-corrected chi connectivity index (χ2v) is 18.3. The molecule has 24 heteroatoms. The van der Waals surface area contributed by atoms with Gasteiger partial charge in [0.05, 0.1) is 39.0 Å². The first-order chi connectivity index (χ1) is 27.9. The van der Waals surface area contributed by atoms with Crippen LogP contribution in [-0.2, 0) is 57.6 Å². The lowest BCUT2D eigenvalue weighted by Crippen LogP contribution is -2.35. The van der Waals surface area contributed by atoms with Gasteiger partial charge in [-0.2, -0.15) is 44.9 Å². The van der Waals surface area contributed by atoms with Crippen LogP contribution >= 0.6 is 11.6 Å². The van der Waals surface area contributed by atoms with Gasteiger partial charge in [-0.25, -0.2) is 22.2 Å². The third-order valence-corrected chi connectivity index (χ3v) is 11.6. The first kappa shape index (κ1) is 47.0. The number of benzene rings is 2. The summed E-state index contributed by atoms with van der Waals surface area (Å²) in [6, 6.07) is 5.56. The summed E-state index contributed by atoms with van der Waals surface area (Å²) < 4.78 is 179. The second kappa shape index (κ2) is 17.0. The monoisotopic (exact) mass is 927 g/mol. The molecule has 2 N–H and O–H groups in total. The maximum absolute atomic E-state index is 14.6. The Balaban J connectivity index is 1.81. The minimum absolute atomic E-state index is 0.0488. The number of anilines is 1. The van der Waals surface area contributed by atoms with E-state index in [1.807, 2.05) is 0 Å². The number of hydrogen-bond acceptors (Lipinski definition) is 8. The molecule has 5 rings (SSSR count). The first-order valence-corrected chi connectivity index (χ1v) is 21.1. The van der Waals surface area contributed by atoms with Crippen LogP contribution in [0.5, 0.6) is 0 Å². The Labute approximate surface area is 349 Å². The molecular weight excluding hydrogens is 896 g/mol. The highest BCUT2D eigenvalue weighted by Gasteiger charge is 2.40. The number of carbonyl (C=O) groups excluding carboxylic acids is 1. The Morgan fingerprint density at radius 3 is 2.11 bits per heavy atom. The molecule has 0 aliphatic heterocycles. The quantitative estimate of drug-likeness (QED) is 0.0730. The van der Waals surface area contributed by atoms with Gasteiger partial charge < -0.3 is 9.87 Å². The molecule has 0 aliphatic rings. The van der Waals surface area contributed by atoms with Crippen molar-refractivity contribution in [1.82, 2.24) is 29.9 Å². The number of sulfone groups is 1. The van der Waals surface area contributed by atoms with Gasteiger partial charge in [-0.3, -0.25) is 14.2 Å². The van der Waals surface area contributed by atoms with E-state index in [4.69, 9.17) is 11.6 Å². The van der Waals surface area contributed by atoms with E-state index in [-0.39, 0.29) is 67.5 Å². The van der Waals surface area contributed by atoms with E-state index in [0.29, 0.717) is 10.7 Å². The number of aromatic nitrogens is 5. The van der Waals surface area contributed by atoms with Crippen molar-refractivity contribution in [2.45, 2.75) is 69.3 Å². The number of halogens is 11. The van der Waals surface area contributed by atoms with E-state index in [0.717, 1.165) is 18.4 Å². The highest BCUT2D eigenvalue weighted by atomic mass is 35.5. The summed E-state index contributed by atoms with van der Waals surface area (Å²) in [4.78, 5) is 18.3. The summed E-state index contributed by atoms with van der Waals surface area (Å²) in [5, 5.41) is 9.21. The van der Waals surface area contributed by atoms with Crippen LogP contribution in [0.2, 0.25) is 5.02 Å². The fourth-order valence-electron chi connectivity index (χ4n) is 5.92. The molecule has 3 aromatic heterocycles. The molecule has 2 aromatic carbocycles. The number of rotatable bonds is 12. The van der Waals surface area contributed by atoms with Crippen LogP contribution in [0.4, 0.5) is 49.7 Å². The molecule has 0 radical (unpaired) electrons. The summed E-state index contributed by atoms with van der Waals surface area (Å²) in [6.45, 7) is -0.184. The largest absolute Gasteiger partial charge is 0.593 e. The van der Waals surface area contributed by atoms with Crippen molar-refractivity contribution < 1.29 is 61.7 Å². The number of alkyl halides is 8. The van der Waals surface area contributed by atoms with Crippen LogP contribution in [-0.4, -0.2) is 66.9 Å². The molecule has 328 valence electrons. The molecule has 0 saturated heterocycles. The smallest absolute Gasteiger partial charge is 0.435 e. The van der Waals surface area contributed by atoms with Gasteiger partial charge in [0, 0.05) is 30.4 Å². The summed E-state index contributed by atoms with van der Waals surface area (Å²) in [5.74, 6) is -2.63.